The Bertz CT molecular complexity index is 783. The molecule has 0 aromatic heterocycles. The van der Waals surface area contributed by atoms with E-state index in [1.807, 2.05) is 19.9 Å². The summed E-state index contributed by atoms with van der Waals surface area (Å²) in [5, 5.41) is 2.81. The summed E-state index contributed by atoms with van der Waals surface area (Å²) in [5.74, 6) is -0.392. The average Bonchev–Trinajstić information content (AvgIpc) is 2.72. The van der Waals surface area contributed by atoms with Crippen LogP contribution < -0.4 is 5.32 Å². The van der Waals surface area contributed by atoms with E-state index in [1.165, 1.54) is 0 Å². The molecule has 0 bridgehead atoms. The molecule has 0 atom stereocenters. The lowest BCUT2D eigenvalue weighted by Crippen LogP contribution is -2.32. The molecule has 0 radical (unpaired) electrons. The minimum Gasteiger partial charge on any atom is -0.352 e. The maximum absolute atomic E-state index is 12.7. The average molecular weight is 366 g/mol. The van der Waals surface area contributed by atoms with Crippen molar-refractivity contribution < 1.29 is 14.4 Å². The van der Waals surface area contributed by atoms with E-state index in [1.54, 1.807) is 53.4 Å². The highest BCUT2D eigenvalue weighted by Gasteiger charge is 2.17. The predicted octanol–water partition coefficient (Wildman–Crippen LogP) is 3.30. The quantitative estimate of drug-likeness (QED) is 0.547. The second-order valence-electron chi connectivity index (χ2n) is 6.17. The van der Waals surface area contributed by atoms with Crippen LogP contribution in [-0.4, -0.2) is 42.1 Å². The summed E-state index contributed by atoms with van der Waals surface area (Å²) in [6.45, 7) is 5.67. The van der Waals surface area contributed by atoms with Gasteiger partial charge in [0.05, 0.1) is 5.56 Å². The predicted molar refractivity (Wildman–Crippen MR) is 106 cm³/mol. The summed E-state index contributed by atoms with van der Waals surface area (Å²) < 4.78 is 0. The first-order valence-electron chi connectivity index (χ1n) is 9.33. The van der Waals surface area contributed by atoms with Crippen LogP contribution in [0.1, 0.15) is 53.0 Å². The van der Waals surface area contributed by atoms with E-state index in [0.717, 1.165) is 0 Å². The molecule has 0 spiro atoms. The number of hydrogen-bond donors (Lipinski definition) is 1. The first kappa shape index (κ1) is 20.4. The van der Waals surface area contributed by atoms with Crippen LogP contribution in [0, 0.1) is 0 Å². The molecule has 0 aliphatic carbocycles. The first-order valence-corrected chi connectivity index (χ1v) is 9.33. The summed E-state index contributed by atoms with van der Waals surface area (Å²) in [7, 11) is 0. The van der Waals surface area contributed by atoms with Gasteiger partial charge in [-0.1, -0.05) is 48.5 Å². The van der Waals surface area contributed by atoms with Gasteiger partial charge in [-0.2, -0.15) is 0 Å². The lowest BCUT2D eigenvalue weighted by atomic mass is 9.98. The molecule has 0 unspecified atom stereocenters. The smallest absolute Gasteiger partial charge is 0.252 e. The van der Waals surface area contributed by atoms with Crippen molar-refractivity contribution in [3.63, 3.8) is 0 Å². The molecule has 2 aromatic carbocycles. The van der Waals surface area contributed by atoms with Gasteiger partial charge in [0.15, 0.2) is 5.78 Å². The van der Waals surface area contributed by atoms with Gasteiger partial charge in [-0.15, -0.1) is 0 Å². The molecule has 2 aromatic rings. The molecule has 5 nitrogen and oxygen atoms in total. The summed E-state index contributed by atoms with van der Waals surface area (Å²) in [6.07, 6.45) is 0.961. The molecule has 0 heterocycles. The van der Waals surface area contributed by atoms with E-state index in [-0.39, 0.29) is 17.6 Å². The van der Waals surface area contributed by atoms with Crippen LogP contribution >= 0.6 is 0 Å². The lowest BCUT2D eigenvalue weighted by molar-refractivity contribution is -0.130. The van der Waals surface area contributed by atoms with Gasteiger partial charge in [-0.25, -0.2) is 0 Å². The van der Waals surface area contributed by atoms with E-state index in [9.17, 15) is 14.4 Å². The number of amides is 2. The van der Waals surface area contributed by atoms with Gasteiger partial charge in [-0.3, -0.25) is 14.4 Å². The summed E-state index contributed by atoms with van der Waals surface area (Å²) >= 11 is 0. The number of carbonyl (C=O) groups excluding carboxylic acids is 3. The maximum Gasteiger partial charge on any atom is 0.252 e. The third-order valence-electron chi connectivity index (χ3n) is 4.42. The van der Waals surface area contributed by atoms with Crippen LogP contribution in [0.25, 0.3) is 0 Å². The molecule has 2 rings (SSSR count). The van der Waals surface area contributed by atoms with E-state index < -0.39 is 0 Å². The fourth-order valence-corrected chi connectivity index (χ4v) is 2.90. The Morgan fingerprint density at radius 2 is 1.44 bits per heavy atom. The molecule has 0 saturated carbocycles. The summed E-state index contributed by atoms with van der Waals surface area (Å²) in [4.78, 5) is 39.0. The van der Waals surface area contributed by atoms with E-state index in [0.29, 0.717) is 49.2 Å². The molecule has 27 heavy (non-hydrogen) atoms. The number of ketones is 1. The zero-order valence-electron chi connectivity index (χ0n) is 15.9. The SMILES string of the molecule is CCN(CC)C(=O)CCCNC(=O)c1ccccc1C(=O)c1ccccc1. The first-order chi connectivity index (χ1) is 13.1. The highest BCUT2D eigenvalue weighted by Crippen LogP contribution is 2.15. The third-order valence-corrected chi connectivity index (χ3v) is 4.42. The van der Waals surface area contributed by atoms with E-state index in [2.05, 4.69) is 5.32 Å². The fraction of sp³-hybridized carbons (Fsp3) is 0.318. The topological polar surface area (TPSA) is 66.5 Å². The number of rotatable bonds is 9. The summed E-state index contributed by atoms with van der Waals surface area (Å²) in [6, 6.07) is 15.7. The zero-order valence-corrected chi connectivity index (χ0v) is 15.9. The molecule has 0 saturated heterocycles. The van der Waals surface area contributed by atoms with Gasteiger partial charge in [-0.05, 0) is 26.3 Å². The van der Waals surface area contributed by atoms with Crippen molar-refractivity contribution in [1.29, 1.82) is 0 Å². The van der Waals surface area contributed by atoms with Crippen LogP contribution in [0.5, 0.6) is 0 Å². The second kappa shape index (κ2) is 10.3. The van der Waals surface area contributed by atoms with Crippen molar-refractivity contribution in [1.82, 2.24) is 10.2 Å². The molecule has 0 fully saturated rings. The van der Waals surface area contributed by atoms with Gasteiger partial charge in [0, 0.05) is 37.2 Å². The van der Waals surface area contributed by atoms with Crippen molar-refractivity contribution in [3.8, 4) is 0 Å². The monoisotopic (exact) mass is 366 g/mol. The second-order valence-corrected chi connectivity index (χ2v) is 6.17. The molecular formula is C22H26N2O3. The van der Waals surface area contributed by atoms with Gasteiger partial charge < -0.3 is 10.2 Å². The molecule has 142 valence electrons. The van der Waals surface area contributed by atoms with Crippen LogP contribution in [-0.2, 0) is 4.79 Å². The van der Waals surface area contributed by atoms with Crippen molar-refractivity contribution in [3.05, 3.63) is 71.3 Å². The lowest BCUT2D eigenvalue weighted by Gasteiger charge is -2.18. The Hall–Kier alpha value is -2.95. The highest BCUT2D eigenvalue weighted by molar-refractivity contribution is 6.15. The molecule has 1 N–H and O–H groups in total. The Kier molecular flexibility index (Phi) is 7.74. The largest absolute Gasteiger partial charge is 0.352 e. The normalized spacial score (nSPS) is 10.3. The fourth-order valence-electron chi connectivity index (χ4n) is 2.90. The number of hydrogen-bond acceptors (Lipinski definition) is 3. The molecule has 5 heteroatoms. The standard InChI is InChI=1S/C22H26N2O3/c1-3-24(4-2)20(25)15-10-16-23-22(27)19-14-9-8-13-18(19)21(26)17-11-6-5-7-12-17/h5-9,11-14H,3-4,10,15-16H2,1-2H3,(H,23,27). The highest BCUT2D eigenvalue weighted by atomic mass is 16.2. The Labute approximate surface area is 160 Å². The molecule has 0 aliphatic heterocycles. The molecular weight excluding hydrogens is 340 g/mol. The zero-order chi connectivity index (χ0) is 19.6. The number of nitrogens with zero attached hydrogens (tertiary/aromatic N) is 1. The van der Waals surface area contributed by atoms with Crippen LogP contribution in [0.3, 0.4) is 0 Å². The van der Waals surface area contributed by atoms with Crippen molar-refractivity contribution in [2.24, 2.45) is 0 Å². The number of benzene rings is 2. The summed E-state index contributed by atoms with van der Waals surface area (Å²) in [5.41, 5.74) is 1.27. The minimum absolute atomic E-state index is 0.0916. The number of carbonyl (C=O) groups is 3. The van der Waals surface area contributed by atoms with Gasteiger partial charge >= 0.3 is 0 Å². The Balaban J connectivity index is 1.97. The maximum atomic E-state index is 12.7. The molecule has 2 amide bonds. The van der Waals surface area contributed by atoms with Crippen molar-refractivity contribution in [2.45, 2.75) is 26.7 Å². The van der Waals surface area contributed by atoms with Crippen molar-refractivity contribution >= 4 is 17.6 Å². The van der Waals surface area contributed by atoms with E-state index >= 15 is 0 Å². The minimum atomic E-state index is -0.301. The van der Waals surface area contributed by atoms with Gasteiger partial charge in [0.2, 0.25) is 5.91 Å². The Morgan fingerprint density at radius 1 is 0.852 bits per heavy atom. The van der Waals surface area contributed by atoms with Gasteiger partial charge in [0.25, 0.3) is 5.91 Å². The van der Waals surface area contributed by atoms with E-state index in [4.69, 9.17) is 0 Å². The van der Waals surface area contributed by atoms with Gasteiger partial charge in [0.1, 0.15) is 0 Å². The molecule has 0 aliphatic rings. The van der Waals surface area contributed by atoms with Crippen LogP contribution in [0.4, 0.5) is 0 Å². The number of nitrogens with one attached hydrogen (secondary N) is 1. The van der Waals surface area contributed by atoms with Crippen LogP contribution in [0.15, 0.2) is 54.6 Å². The van der Waals surface area contributed by atoms with Crippen LogP contribution in [0.2, 0.25) is 0 Å². The van der Waals surface area contributed by atoms with Crippen molar-refractivity contribution in [2.75, 3.05) is 19.6 Å². The Morgan fingerprint density at radius 3 is 2.07 bits per heavy atom. The third kappa shape index (κ3) is 5.51.